The van der Waals surface area contributed by atoms with Gasteiger partial charge in [-0.2, -0.15) is 5.10 Å². The summed E-state index contributed by atoms with van der Waals surface area (Å²) in [5.41, 5.74) is 3.05. The Morgan fingerprint density at radius 1 is 1.16 bits per heavy atom. The van der Waals surface area contributed by atoms with Crippen LogP contribution in [-0.4, -0.2) is 34.5 Å². The molecule has 0 saturated carbocycles. The monoisotopic (exact) mass is 415 g/mol. The Bertz CT molecular complexity index is 1240. The maximum Gasteiger partial charge on any atom is 0.340 e. The summed E-state index contributed by atoms with van der Waals surface area (Å²) in [6.45, 7) is 1.10. The van der Waals surface area contributed by atoms with Crippen LogP contribution >= 0.6 is 0 Å². The molecule has 0 amide bonds. The molecule has 2 aromatic carbocycles. The van der Waals surface area contributed by atoms with Crippen molar-refractivity contribution in [2.45, 2.75) is 19.1 Å². The summed E-state index contributed by atoms with van der Waals surface area (Å²) < 4.78 is 18.6. The van der Waals surface area contributed by atoms with Crippen molar-refractivity contribution < 1.29 is 19.0 Å². The van der Waals surface area contributed by atoms with E-state index in [-0.39, 0.29) is 0 Å². The lowest BCUT2D eigenvalue weighted by Gasteiger charge is -2.26. The van der Waals surface area contributed by atoms with E-state index >= 15 is 0 Å². The lowest BCUT2D eigenvalue weighted by Crippen LogP contribution is -2.20. The van der Waals surface area contributed by atoms with Crippen LogP contribution in [0.3, 0.4) is 0 Å². The van der Waals surface area contributed by atoms with E-state index in [0.717, 1.165) is 22.2 Å². The van der Waals surface area contributed by atoms with Gasteiger partial charge in [0.05, 0.1) is 32.0 Å². The van der Waals surface area contributed by atoms with Gasteiger partial charge < -0.3 is 14.2 Å². The van der Waals surface area contributed by atoms with Gasteiger partial charge in [-0.15, -0.1) is 0 Å². The summed E-state index contributed by atoms with van der Waals surface area (Å²) in [6, 6.07) is 17.3. The summed E-state index contributed by atoms with van der Waals surface area (Å²) in [7, 11) is 1.60. The fourth-order valence-electron chi connectivity index (χ4n) is 3.74. The van der Waals surface area contributed by atoms with Crippen LogP contribution in [0.2, 0.25) is 0 Å². The van der Waals surface area contributed by atoms with Crippen molar-refractivity contribution in [2.75, 3.05) is 13.7 Å². The second-order valence-corrected chi connectivity index (χ2v) is 7.36. The molecule has 4 aromatic rings. The highest BCUT2D eigenvalue weighted by atomic mass is 16.6. The van der Waals surface area contributed by atoms with E-state index in [1.54, 1.807) is 25.6 Å². The van der Waals surface area contributed by atoms with Crippen molar-refractivity contribution in [3.63, 3.8) is 0 Å². The van der Waals surface area contributed by atoms with Crippen LogP contribution in [0.25, 0.3) is 11.0 Å². The van der Waals surface area contributed by atoms with Gasteiger partial charge in [-0.05, 0) is 29.8 Å². The van der Waals surface area contributed by atoms with Crippen molar-refractivity contribution in [3.05, 3.63) is 83.7 Å². The van der Waals surface area contributed by atoms with Crippen molar-refractivity contribution in [2.24, 2.45) is 0 Å². The molecule has 31 heavy (non-hydrogen) atoms. The fourth-order valence-corrected chi connectivity index (χ4v) is 3.74. The van der Waals surface area contributed by atoms with Crippen LogP contribution in [0.5, 0.6) is 11.5 Å². The van der Waals surface area contributed by atoms with E-state index < -0.39 is 12.1 Å². The number of hydrogen-bond acceptors (Lipinski definition) is 6. The van der Waals surface area contributed by atoms with Crippen molar-refractivity contribution >= 4 is 17.0 Å². The standard InChI is InChI=1S/C24H21N3O4/c1-29-19-7-8-21-20(12-19)22(9-10-30-21)31-24(28)18-11-17-14-26-27(23(17)25-13-18)15-16-5-3-2-4-6-16/h2-8,11-14,22H,9-10,15H2,1H3/t22-/m1/s1. The Kier molecular flexibility index (Phi) is 5.00. The summed E-state index contributed by atoms with van der Waals surface area (Å²) in [5, 5.41) is 5.22. The molecule has 3 heterocycles. The number of rotatable bonds is 5. The molecule has 0 bridgehead atoms. The molecule has 1 aliphatic heterocycles. The number of hydrogen-bond donors (Lipinski definition) is 0. The Hall–Kier alpha value is -3.87. The number of methoxy groups -OCH3 is 1. The van der Waals surface area contributed by atoms with Gasteiger partial charge in [-0.25, -0.2) is 14.5 Å². The zero-order valence-electron chi connectivity index (χ0n) is 17.0. The molecule has 7 heteroatoms. The molecule has 0 unspecified atom stereocenters. The van der Waals surface area contributed by atoms with Gasteiger partial charge in [0, 0.05) is 23.6 Å². The van der Waals surface area contributed by atoms with Gasteiger partial charge in [0.15, 0.2) is 5.65 Å². The number of pyridine rings is 1. The zero-order valence-corrected chi connectivity index (χ0v) is 17.0. The topological polar surface area (TPSA) is 75.5 Å². The first-order valence-electron chi connectivity index (χ1n) is 10.1. The summed E-state index contributed by atoms with van der Waals surface area (Å²) >= 11 is 0. The van der Waals surface area contributed by atoms with Crippen LogP contribution in [-0.2, 0) is 11.3 Å². The maximum absolute atomic E-state index is 12.9. The van der Waals surface area contributed by atoms with E-state index in [9.17, 15) is 4.79 Å². The van der Waals surface area contributed by atoms with E-state index in [1.807, 2.05) is 53.2 Å². The molecule has 0 fully saturated rings. The SMILES string of the molecule is COc1ccc2c(c1)[C@H](OC(=O)c1cnc3c(cnn3Cc3ccccc3)c1)CCO2. The Morgan fingerprint density at radius 3 is 2.87 bits per heavy atom. The molecule has 5 rings (SSSR count). The molecule has 1 atom stereocenters. The minimum absolute atomic E-state index is 0.391. The highest BCUT2D eigenvalue weighted by Crippen LogP contribution is 2.37. The van der Waals surface area contributed by atoms with Gasteiger partial charge in [0.2, 0.25) is 0 Å². The van der Waals surface area contributed by atoms with E-state index in [4.69, 9.17) is 14.2 Å². The lowest BCUT2D eigenvalue weighted by molar-refractivity contribution is 0.0192. The van der Waals surface area contributed by atoms with E-state index in [1.165, 1.54) is 0 Å². The molecule has 0 radical (unpaired) electrons. The number of fused-ring (bicyclic) bond motifs is 2. The fraction of sp³-hybridized carbons (Fsp3) is 0.208. The molecule has 1 aliphatic rings. The third-order valence-corrected chi connectivity index (χ3v) is 5.34. The minimum Gasteiger partial charge on any atom is -0.497 e. The van der Waals surface area contributed by atoms with Crippen LogP contribution < -0.4 is 9.47 Å². The second kappa shape index (κ2) is 8.10. The number of carbonyl (C=O) groups excluding carboxylic acids is 1. The molecular weight excluding hydrogens is 394 g/mol. The van der Waals surface area contributed by atoms with Crippen LogP contribution in [0.4, 0.5) is 0 Å². The Balaban J connectivity index is 1.36. The average Bonchev–Trinajstić information content (AvgIpc) is 3.21. The van der Waals surface area contributed by atoms with Crippen LogP contribution in [0, 0.1) is 0 Å². The lowest BCUT2D eigenvalue weighted by atomic mass is 10.0. The average molecular weight is 415 g/mol. The number of carbonyl (C=O) groups is 1. The summed E-state index contributed by atoms with van der Waals surface area (Å²) in [5.74, 6) is 0.978. The third-order valence-electron chi connectivity index (χ3n) is 5.34. The van der Waals surface area contributed by atoms with Crippen LogP contribution in [0.1, 0.15) is 34.0 Å². The smallest absolute Gasteiger partial charge is 0.340 e. The number of esters is 1. The van der Waals surface area contributed by atoms with Crippen LogP contribution in [0.15, 0.2) is 67.0 Å². The number of aromatic nitrogens is 3. The quantitative estimate of drug-likeness (QED) is 0.456. The zero-order chi connectivity index (χ0) is 21.2. The molecule has 0 N–H and O–H groups in total. The van der Waals surface area contributed by atoms with Gasteiger partial charge in [-0.1, -0.05) is 30.3 Å². The van der Waals surface area contributed by atoms with Gasteiger partial charge in [0.1, 0.15) is 17.6 Å². The Morgan fingerprint density at radius 2 is 2.03 bits per heavy atom. The number of benzene rings is 2. The van der Waals surface area contributed by atoms with Gasteiger partial charge in [0.25, 0.3) is 0 Å². The first kappa shape index (κ1) is 19.1. The van der Waals surface area contributed by atoms with Gasteiger partial charge in [-0.3, -0.25) is 0 Å². The molecule has 0 saturated heterocycles. The van der Waals surface area contributed by atoms with Crippen molar-refractivity contribution in [3.8, 4) is 11.5 Å². The molecule has 2 aromatic heterocycles. The second-order valence-electron chi connectivity index (χ2n) is 7.36. The number of ether oxygens (including phenoxy) is 3. The molecule has 0 aliphatic carbocycles. The number of nitrogens with zero attached hydrogens (tertiary/aromatic N) is 3. The van der Waals surface area contributed by atoms with E-state index in [2.05, 4.69) is 10.1 Å². The molecule has 0 spiro atoms. The first-order valence-corrected chi connectivity index (χ1v) is 10.1. The van der Waals surface area contributed by atoms with Crippen molar-refractivity contribution in [1.82, 2.24) is 14.8 Å². The normalized spacial score (nSPS) is 15.2. The van der Waals surface area contributed by atoms with Gasteiger partial charge >= 0.3 is 5.97 Å². The molecule has 7 nitrogen and oxygen atoms in total. The third kappa shape index (κ3) is 3.82. The summed E-state index contributed by atoms with van der Waals surface area (Å²) in [4.78, 5) is 17.3. The highest BCUT2D eigenvalue weighted by molar-refractivity contribution is 5.93. The first-order chi connectivity index (χ1) is 15.2. The largest absolute Gasteiger partial charge is 0.497 e. The Labute approximate surface area is 179 Å². The van der Waals surface area contributed by atoms with Crippen molar-refractivity contribution in [1.29, 1.82) is 0 Å². The predicted molar refractivity (Wildman–Crippen MR) is 114 cm³/mol. The maximum atomic E-state index is 12.9. The molecular formula is C24H21N3O4. The molecule has 156 valence electrons. The van der Waals surface area contributed by atoms with E-state index in [0.29, 0.717) is 36.6 Å². The minimum atomic E-state index is -0.425. The predicted octanol–water partition coefficient (Wildman–Crippen LogP) is 4.17. The summed E-state index contributed by atoms with van der Waals surface area (Å²) in [6.07, 6.45) is 3.44. The highest BCUT2D eigenvalue weighted by Gasteiger charge is 2.26.